The Kier molecular flexibility index (Phi) is 7.06. The van der Waals surface area contributed by atoms with Crippen LogP contribution in [0.4, 0.5) is 0 Å². The summed E-state index contributed by atoms with van der Waals surface area (Å²) in [7, 11) is 2.23. The second kappa shape index (κ2) is 8.08. The van der Waals surface area contributed by atoms with Crippen molar-refractivity contribution in [3.05, 3.63) is 0 Å². The van der Waals surface area contributed by atoms with Crippen LogP contribution in [0.2, 0.25) is 0 Å². The third-order valence-electron chi connectivity index (χ3n) is 3.66. The highest BCUT2D eigenvalue weighted by Crippen LogP contribution is 2.14. The number of hydrogen-bond donors (Lipinski definition) is 1. The smallest absolute Gasteiger partial charge is 0.00187 e. The van der Waals surface area contributed by atoms with E-state index in [1.165, 1.54) is 58.3 Å². The van der Waals surface area contributed by atoms with E-state index >= 15 is 0 Å². The van der Waals surface area contributed by atoms with Crippen LogP contribution < -0.4 is 5.32 Å². The first kappa shape index (κ1) is 14.0. The number of nitrogens with one attached hydrogen (secondary N) is 1. The van der Waals surface area contributed by atoms with Crippen LogP contribution in [0.1, 0.15) is 46.0 Å². The minimum absolute atomic E-state index is 0.869. The first-order valence-corrected chi connectivity index (χ1v) is 7.07. The molecule has 1 saturated heterocycles. The maximum absolute atomic E-state index is 3.63. The Morgan fingerprint density at radius 1 is 1.19 bits per heavy atom. The Morgan fingerprint density at radius 3 is 2.50 bits per heavy atom. The van der Waals surface area contributed by atoms with Crippen molar-refractivity contribution in [2.45, 2.75) is 46.0 Å². The van der Waals surface area contributed by atoms with Crippen LogP contribution in [-0.4, -0.2) is 38.1 Å². The Bertz CT molecular complexity index is 160. The van der Waals surface area contributed by atoms with Gasteiger partial charge in [-0.1, -0.05) is 26.7 Å². The number of piperidine rings is 1. The zero-order valence-electron chi connectivity index (χ0n) is 11.5. The topological polar surface area (TPSA) is 15.3 Å². The van der Waals surface area contributed by atoms with E-state index in [4.69, 9.17) is 0 Å². The molecule has 1 rings (SSSR count). The predicted molar refractivity (Wildman–Crippen MR) is 71.8 cm³/mol. The minimum Gasteiger partial charge on any atom is -0.316 e. The third kappa shape index (κ3) is 6.49. The highest BCUT2D eigenvalue weighted by molar-refractivity contribution is 4.71. The van der Waals surface area contributed by atoms with Crippen LogP contribution in [0.25, 0.3) is 0 Å². The van der Waals surface area contributed by atoms with Gasteiger partial charge in [-0.05, 0) is 64.3 Å². The number of nitrogens with zero attached hydrogens (tertiary/aromatic N) is 1. The Hall–Kier alpha value is -0.0800. The normalized spacial score (nSPS) is 19.5. The van der Waals surface area contributed by atoms with E-state index < -0.39 is 0 Å². The molecule has 1 aliphatic heterocycles. The Balaban J connectivity index is 1.87. The Morgan fingerprint density at radius 2 is 1.88 bits per heavy atom. The van der Waals surface area contributed by atoms with Gasteiger partial charge in [0.05, 0.1) is 0 Å². The molecule has 0 saturated carbocycles. The fraction of sp³-hybridized carbons (Fsp3) is 1.00. The molecule has 1 heterocycles. The molecule has 0 aromatic heterocycles. The van der Waals surface area contributed by atoms with E-state index in [0.717, 1.165) is 11.8 Å². The highest BCUT2D eigenvalue weighted by atomic mass is 15.1. The fourth-order valence-corrected chi connectivity index (χ4v) is 2.37. The molecule has 0 aromatic carbocycles. The average Bonchev–Trinajstić information content (AvgIpc) is 2.25. The van der Waals surface area contributed by atoms with Gasteiger partial charge >= 0.3 is 0 Å². The van der Waals surface area contributed by atoms with Gasteiger partial charge in [0.2, 0.25) is 0 Å². The average molecular weight is 226 g/mol. The molecule has 0 radical (unpaired) electrons. The maximum atomic E-state index is 3.63. The molecular formula is C14H30N2. The number of unbranched alkanes of at least 4 members (excludes halogenated alkanes) is 1. The van der Waals surface area contributed by atoms with Crippen LogP contribution in [0.5, 0.6) is 0 Å². The molecule has 0 bridgehead atoms. The van der Waals surface area contributed by atoms with E-state index in [1.54, 1.807) is 0 Å². The van der Waals surface area contributed by atoms with Crippen LogP contribution in [0, 0.1) is 11.8 Å². The molecule has 1 N–H and O–H groups in total. The van der Waals surface area contributed by atoms with Crippen LogP contribution in [-0.2, 0) is 0 Å². The first-order valence-electron chi connectivity index (χ1n) is 7.07. The van der Waals surface area contributed by atoms with Crippen molar-refractivity contribution in [2.24, 2.45) is 11.8 Å². The minimum atomic E-state index is 0.869. The molecule has 0 atom stereocenters. The maximum Gasteiger partial charge on any atom is -0.00187 e. The third-order valence-corrected chi connectivity index (χ3v) is 3.66. The van der Waals surface area contributed by atoms with Crippen LogP contribution >= 0.6 is 0 Å². The number of likely N-dealkylation sites (tertiary alicyclic amines) is 1. The van der Waals surface area contributed by atoms with Crippen molar-refractivity contribution >= 4 is 0 Å². The summed E-state index contributed by atoms with van der Waals surface area (Å²) < 4.78 is 0. The molecule has 1 fully saturated rings. The molecule has 96 valence electrons. The van der Waals surface area contributed by atoms with Gasteiger partial charge in [-0.3, -0.25) is 0 Å². The molecule has 1 aliphatic rings. The lowest BCUT2D eigenvalue weighted by Gasteiger charge is -2.29. The monoisotopic (exact) mass is 226 g/mol. The number of hydrogen-bond acceptors (Lipinski definition) is 2. The second-order valence-electron chi connectivity index (χ2n) is 5.84. The summed E-state index contributed by atoms with van der Waals surface area (Å²) in [4.78, 5) is 2.44. The fourth-order valence-electron chi connectivity index (χ4n) is 2.37. The van der Waals surface area contributed by atoms with E-state index in [-0.39, 0.29) is 0 Å². The summed E-state index contributed by atoms with van der Waals surface area (Å²) in [5, 5.41) is 3.63. The van der Waals surface area contributed by atoms with Gasteiger partial charge in [0.1, 0.15) is 0 Å². The van der Waals surface area contributed by atoms with Gasteiger partial charge in [0.25, 0.3) is 0 Å². The quantitative estimate of drug-likeness (QED) is 0.672. The standard InChI is InChI=1S/C14H30N2/c1-13(2)6-4-5-9-15-12-14-7-10-16(3)11-8-14/h13-15H,4-12H2,1-3H3. The first-order chi connectivity index (χ1) is 7.68. The van der Waals surface area contributed by atoms with E-state index in [0.29, 0.717) is 0 Å². The van der Waals surface area contributed by atoms with Gasteiger partial charge in [-0.15, -0.1) is 0 Å². The summed E-state index contributed by atoms with van der Waals surface area (Å²) in [6.45, 7) is 9.67. The van der Waals surface area contributed by atoms with Crippen molar-refractivity contribution in [3.8, 4) is 0 Å². The van der Waals surface area contributed by atoms with Gasteiger partial charge in [-0.2, -0.15) is 0 Å². The summed E-state index contributed by atoms with van der Waals surface area (Å²) >= 11 is 0. The van der Waals surface area contributed by atoms with Crippen molar-refractivity contribution in [1.29, 1.82) is 0 Å². The second-order valence-corrected chi connectivity index (χ2v) is 5.84. The SMILES string of the molecule is CC(C)CCCCNCC1CCN(C)CC1. The van der Waals surface area contributed by atoms with Crippen molar-refractivity contribution in [2.75, 3.05) is 33.2 Å². The highest BCUT2D eigenvalue weighted by Gasteiger charge is 2.15. The molecule has 0 aliphatic carbocycles. The summed E-state index contributed by atoms with van der Waals surface area (Å²) in [6.07, 6.45) is 6.89. The van der Waals surface area contributed by atoms with E-state index in [9.17, 15) is 0 Å². The van der Waals surface area contributed by atoms with Crippen molar-refractivity contribution in [1.82, 2.24) is 10.2 Å². The zero-order chi connectivity index (χ0) is 11.8. The molecule has 2 heteroatoms. The molecule has 16 heavy (non-hydrogen) atoms. The molecular weight excluding hydrogens is 196 g/mol. The Labute approximate surface area is 102 Å². The zero-order valence-corrected chi connectivity index (χ0v) is 11.5. The molecule has 2 nitrogen and oxygen atoms in total. The molecule has 0 aromatic rings. The van der Waals surface area contributed by atoms with Gasteiger partial charge in [0.15, 0.2) is 0 Å². The summed E-state index contributed by atoms with van der Waals surface area (Å²) in [5.74, 6) is 1.80. The molecule has 0 spiro atoms. The lowest BCUT2D eigenvalue weighted by Crippen LogP contribution is -2.35. The van der Waals surface area contributed by atoms with E-state index in [2.05, 4.69) is 31.1 Å². The van der Waals surface area contributed by atoms with Gasteiger partial charge < -0.3 is 10.2 Å². The van der Waals surface area contributed by atoms with Gasteiger partial charge in [-0.25, -0.2) is 0 Å². The van der Waals surface area contributed by atoms with Crippen LogP contribution in [0.15, 0.2) is 0 Å². The summed E-state index contributed by atoms with van der Waals surface area (Å²) in [6, 6.07) is 0. The lowest BCUT2D eigenvalue weighted by atomic mass is 9.97. The lowest BCUT2D eigenvalue weighted by molar-refractivity contribution is 0.216. The largest absolute Gasteiger partial charge is 0.316 e. The van der Waals surface area contributed by atoms with Crippen LogP contribution in [0.3, 0.4) is 0 Å². The number of rotatable bonds is 7. The summed E-state index contributed by atoms with van der Waals surface area (Å²) in [5.41, 5.74) is 0. The molecule has 0 unspecified atom stereocenters. The molecule has 0 amide bonds. The van der Waals surface area contributed by atoms with E-state index in [1.807, 2.05) is 0 Å². The van der Waals surface area contributed by atoms with Crippen molar-refractivity contribution in [3.63, 3.8) is 0 Å². The van der Waals surface area contributed by atoms with Crippen molar-refractivity contribution < 1.29 is 0 Å². The predicted octanol–water partition coefficient (Wildman–Crippen LogP) is 2.74. The van der Waals surface area contributed by atoms with Gasteiger partial charge in [0, 0.05) is 0 Å².